The van der Waals surface area contributed by atoms with Gasteiger partial charge in [-0.15, -0.1) is 0 Å². The summed E-state index contributed by atoms with van der Waals surface area (Å²) in [6, 6.07) is 0. The van der Waals surface area contributed by atoms with Gasteiger partial charge in [-0.25, -0.2) is 0 Å². The zero-order valence-electron chi connectivity index (χ0n) is 16.3. The van der Waals surface area contributed by atoms with Crippen LogP contribution in [-0.4, -0.2) is 41.0 Å². The van der Waals surface area contributed by atoms with Crippen LogP contribution in [0.2, 0.25) is 0 Å². The molecule has 23 heavy (non-hydrogen) atoms. The molecular formula is C19H40O4. The highest BCUT2D eigenvalue weighted by Crippen LogP contribution is 2.26. The van der Waals surface area contributed by atoms with Crippen molar-refractivity contribution in [2.75, 3.05) is 41.0 Å². The summed E-state index contributed by atoms with van der Waals surface area (Å²) < 4.78 is 20.6. The third-order valence-electron chi connectivity index (χ3n) is 4.33. The van der Waals surface area contributed by atoms with Gasteiger partial charge in [0.15, 0.2) is 0 Å². The van der Waals surface area contributed by atoms with Gasteiger partial charge in [0, 0.05) is 27.4 Å². The Bertz CT molecular complexity index is 224. The van der Waals surface area contributed by atoms with E-state index in [9.17, 15) is 0 Å². The standard InChI is InChI=1S/C19H40O4/c1-16(7-9-22-14-20-5)11-18(3)13-19(4)12-17(2)8-10-23-15-21-6/h16-19H,7-15H2,1-6H3/t16-,17+,18-,19+. The van der Waals surface area contributed by atoms with Crippen molar-refractivity contribution in [1.82, 2.24) is 0 Å². The Labute approximate surface area is 144 Å². The first kappa shape index (κ1) is 22.8. The molecule has 0 amide bonds. The smallest absolute Gasteiger partial charge is 0.146 e. The summed E-state index contributed by atoms with van der Waals surface area (Å²) in [6.45, 7) is 11.8. The van der Waals surface area contributed by atoms with Gasteiger partial charge in [0.2, 0.25) is 0 Å². The van der Waals surface area contributed by atoms with Crippen molar-refractivity contribution in [3.8, 4) is 0 Å². The molecule has 4 atom stereocenters. The van der Waals surface area contributed by atoms with Crippen molar-refractivity contribution in [2.45, 2.75) is 59.8 Å². The molecule has 140 valence electrons. The summed E-state index contributed by atoms with van der Waals surface area (Å²) in [5, 5.41) is 0. The van der Waals surface area contributed by atoms with Crippen LogP contribution < -0.4 is 0 Å². The Morgan fingerprint density at radius 3 is 1.26 bits per heavy atom. The van der Waals surface area contributed by atoms with E-state index in [1.165, 1.54) is 19.3 Å². The molecular weight excluding hydrogens is 292 g/mol. The molecule has 0 aromatic carbocycles. The zero-order valence-corrected chi connectivity index (χ0v) is 16.3. The summed E-state index contributed by atoms with van der Waals surface area (Å²) in [5.74, 6) is 2.99. The highest BCUT2D eigenvalue weighted by molar-refractivity contribution is 4.66. The molecule has 0 aromatic heterocycles. The average molecular weight is 333 g/mol. The van der Waals surface area contributed by atoms with Gasteiger partial charge in [0.05, 0.1) is 0 Å². The van der Waals surface area contributed by atoms with E-state index in [4.69, 9.17) is 18.9 Å². The van der Waals surface area contributed by atoms with Crippen LogP contribution in [0.15, 0.2) is 0 Å². The summed E-state index contributed by atoms with van der Waals surface area (Å²) in [6.07, 6.45) is 6.12. The molecule has 0 bridgehead atoms. The lowest BCUT2D eigenvalue weighted by Crippen LogP contribution is -2.13. The molecule has 0 saturated carbocycles. The first-order valence-electron chi connectivity index (χ1n) is 9.12. The SMILES string of the molecule is COCOCC[C@@H](C)C[C@@H](C)C[C@@H](C)C[C@@H](C)CCOCOC. The maximum atomic E-state index is 5.38. The number of methoxy groups -OCH3 is 2. The molecule has 0 aliphatic carbocycles. The van der Waals surface area contributed by atoms with Crippen molar-refractivity contribution in [1.29, 1.82) is 0 Å². The normalized spacial score (nSPS) is 17.0. The van der Waals surface area contributed by atoms with Gasteiger partial charge in [-0.3, -0.25) is 0 Å². The molecule has 0 rings (SSSR count). The molecule has 4 heteroatoms. The van der Waals surface area contributed by atoms with E-state index in [0.29, 0.717) is 25.4 Å². The molecule has 0 N–H and O–H groups in total. The van der Waals surface area contributed by atoms with E-state index in [2.05, 4.69) is 27.7 Å². The quantitative estimate of drug-likeness (QED) is 0.303. The second-order valence-corrected chi connectivity index (χ2v) is 7.33. The Morgan fingerprint density at radius 1 is 0.565 bits per heavy atom. The van der Waals surface area contributed by atoms with E-state index >= 15 is 0 Å². The Balaban J connectivity index is 3.72. The second kappa shape index (κ2) is 15.4. The minimum absolute atomic E-state index is 0.408. The first-order valence-corrected chi connectivity index (χ1v) is 9.12. The van der Waals surface area contributed by atoms with E-state index in [-0.39, 0.29) is 0 Å². The number of hydrogen-bond donors (Lipinski definition) is 0. The van der Waals surface area contributed by atoms with Crippen LogP contribution in [0.3, 0.4) is 0 Å². The molecule has 0 radical (unpaired) electrons. The van der Waals surface area contributed by atoms with Gasteiger partial charge in [-0.05, 0) is 55.8 Å². The number of ether oxygens (including phenoxy) is 4. The van der Waals surface area contributed by atoms with Gasteiger partial charge >= 0.3 is 0 Å². The highest BCUT2D eigenvalue weighted by Gasteiger charge is 2.15. The van der Waals surface area contributed by atoms with Crippen LogP contribution in [0.5, 0.6) is 0 Å². The van der Waals surface area contributed by atoms with Crippen LogP contribution in [0.4, 0.5) is 0 Å². The van der Waals surface area contributed by atoms with Crippen molar-refractivity contribution in [2.24, 2.45) is 23.7 Å². The summed E-state index contributed by atoms with van der Waals surface area (Å²) >= 11 is 0. The van der Waals surface area contributed by atoms with Crippen LogP contribution in [0.25, 0.3) is 0 Å². The third-order valence-corrected chi connectivity index (χ3v) is 4.33. The fourth-order valence-corrected chi connectivity index (χ4v) is 3.34. The van der Waals surface area contributed by atoms with Gasteiger partial charge in [-0.2, -0.15) is 0 Å². The van der Waals surface area contributed by atoms with E-state index in [1.807, 2.05) is 0 Å². The number of hydrogen-bond acceptors (Lipinski definition) is 4. The highest BCUT2D eigenvalue weighted by atomic mass is 16.7. The lowest BCUT2D eigenvalue weighted by atomic mass is 9.84. The Kier molecular flexibility index (Phi) is 15.3. The molecule has 0 aliphatic rings. The summed E-state index contributed by atoms with van der Waals surface area (Å²) in [7, 11) is 3.33. The van der Waals surface area contributed by atoms with Gasteiger partial charge < -0.3 is 18.9 Å². The predicted molar refractivity (Wildman–Crippen MR) is 95.4 cm³/mol. The fraction of sp³-hybridized carbons (Fsp3) is 1.00. The molecule has 0 fully saturated rings. The maximum absolute atomic E-state index is 5.38. The zero-order chi connectivity index (χ0) is 17.5. The summed E-state index contributed by atoms with van der Waals surface area (Å²) in [5.41, 5.74) is 0. The minimum atomic E-state index is 0.408. The minimum Gasteiger partial charge on any atom is -0.359 e. The van der Waals surface area contributed by atoms with E-state index in [1.54, 1.807) is 14.2 Å². The third kappa shape index (κ3) is 15.1. The van der Waals surface area contributed by atoms with Gasteiger partial charge in [0.1, 0.15) is 13.6 Å². The lowest BCUT2D eigenvalue weighted by Gasteiger charge is -2.23. The van der Waals surface area contributed by atoms with Crippen molar-refractivity contribution in [3.05, 3.63) is 0 Å². The molecule has 0 spiro atoms. The van der Waals surface area contributed by atoms with Crippen molar-refractivity contribution >= 4 is 0 Å². The molecule has 0 unspecified atom stereocenters. The summed E-state index contributed by atoms with van der Waals surface area (Å²) in [4.78, 5) is 0. The van der Waals surface area contributed by atoms with Crippen LogP contribution in [0, 0.1) is 23.7 Å². The van der Waals surface area contributed by atoms with Crippen LogP contribution in [0.1, 0.15) is 59.8 Å². The van der Waals surface area contributed by atoms with Crippen LogP contribution in [-0.2, 0) is 18.9 Å². The lowest BCUT2D eigenvalue weighted by molar-refractivity contribution is -0.0347. The molecule has 0 heterocycles. The molecule has 0 aromatic rings. The number of rotatable bonds is 16. The molecule has 4 nitrogen and oxygen atoms in total. The average Bonchev–Trinajstić information content (AvgIpc) is 2.47. The second-order valence-electron chi connectivity index (χ2n) is 7.33. The molecule has 0 saturated heterocycles. The molecule has 0 aliphatic heterocycles. The van der Waals surface area contributed by atoms with Crippen molar-refractivity contribution in [3.63, 3.8) is 0 Å². The predicted octanol–water partition coefficient (Wildman–Crippen LogP) is 4.72. The van der Waals surface area contributed by atoms with E-state index in [0.717, 1.165) is 37.9 Å². The topological polar surface area (TPSA) is 36.9 Å². The largest absolute Gasteiger partial charge is 0.359 e. The van der Waals surface area contributed by atoms with Gasteiger partial charge in [0.25, 0.3) is 0 Å². The Morgan fingerprint density at radius 2 is 0.913 bits per heavy atom. The van der Waals surface area contributed by atoms with Crippen molar-refractivity contribution < 1.29 is 18.9 Å². The first-order chi connectivity index (χ1) is 11.0. The Hall–Kier alpha value is -0.160. The van der Waals surface area contributed by atoms with Crippen LogP contribution >= 0.6 is 0 Å². The fourth-order valence-electron chi connectivity index (χ4n) is 3.34. The van der Waals surface area contributed by atoms with E-state index < -0.39 is 0 Å². The monoisotopic (exact) mass is 332 g/mol. The maximum Gasteiger partial charge on any atom is 0.146 e. The van der Waals surface area contributed by atoms with Gasteiger partial charge in [-0.1, -0.05) is 27.7 Å².